The second kappa shape index (κ2) is 7.60. The smallest absolute Gasteiger partial charge is 0.324 e. The molecular formula is C10H22N2O3P+. The molecule has 1 atom stereocenters. The summed E-state index contributed by atoms with van der Waals surface area (Å²) in [4.78, 5) is 8.66. The van der Waals surface area contributed by atoms with Gasteiger partial charge in [0.1, 0.15) is 12.4 Å². The van der Waals surface area contributed by atoms with E-state index in [0.29, 0.717) is 6.61 Å². The maximum atomic E-state index is 10.5. The Hall–Kier alpha value is -0.640. The van der Waals surface area contributed by atoms with Crippen molar-refractivity contribution in [2.45, 2.75) is 27.3 Å². The normalized spacial score (nSPS) is 13.8. The average molecular weight is 249 g/mol. The third kappa shape index (κ3) is 6.77. The summed E-state index contributed by atoms with van der Waals surface area (Å²) in [5.74, 6) is 0. The lowest BCUT2D eigenvalue weighted by Gasteiger charge is -2.05. The van der Waals surface area contributed by atoms with Gasteiger partial charge in [0.2, 0.25) is 6.33 Å². The fourth-order valence-electron chi connectivity index (χ4n) is 0.982. The van der Waals surface area contributed by atoms with Gasteiger partial charge in [-0.25, -0.2) is 9.13 Å². The second-order valence-electron chi connectivity index (χ2n) is 3.28. The van der Waals surface area contributed by atoms with Gasteiger partial charge >= 0.3 is 7.60 Å². The number of rotatable bonds is 4. The van der Waals surface area contributed by atoms with Crippen molar-refractivity contribution < 1.29 is 18.5 Å². The van der Waals surface area contributed by atoms with Crippen molar-refractivity contribution in [1.82, 2.24) is 4.57 Å². The summed E-state index contributed by atoms with van der Waals surface area (Å²) in [5, 5.41) is 0. The van der Waals surface area contributed by atoms with Crippen LogP contribution in [0.5, 0.6) is 0 Å². The van der Waals surface area contributed by atoms with Crippen molar-refractivity contribution in [1.29, 1.82) is 0 Å². The highest BCUT2D eigenvalue weighted by Gasteiger charge is 2.12. The molecule has 1 unspecified atom stereocenters. The predicted octanol–water partition coefficient (Wildman–Crippen LogP) is 1.56. The summed E-state index contributed by atoms with van der Waals surface area (Å²) in [7, 11) is -1.15. The van der Waals surface area contributed by atoms with Crippen molar-refractivity contribution >= 4 is 7.60 Å². The first-order valence-electron chi connectivity index (χ1n) is 5.42. The van der Waals surface area contributed by atoms with Gasteiger partial charge in [-0.05, 0) is 13.8 Å². The Labute approximate surface area is 97.2 Å². The Bertz CT molecular complexity index is 339. The maximum Gasteiger partial charge on any atom is 0.327 e. The molecule has 1 rings (SSSR count). The van der Waals surface area contributed by atoms with Gasteiger partial charge in [-0.15, -0.1) is 0 Å². The van der Waals surface area contributed by atoms with Gasteiger partial charge in [0.05, 0.1) is 20.2 Å². The highest BCUT2D eigenvalue weighted by Crippen LogP contribution is 2.40. The van der Waals surface area contributed by atoms with Crippen LogP contribution in [0.4, 0.5) is 0 Å². The molecule has 5 nitrogen and oxygen atoms in total. The van der Waals surface area contributed by atoms with Crippen LogP contribution in [0.2, 0.25) is 0 Å². The number of nitrogens with zero attached hydrogens (tertiary/aromatic N) is 2. The number of hydrogen-bond donors (Lipinski definition) is 1. The van der Waals surface area contributed by atoms with E-state index in [1.54, 1.807) is 13.8 Å². The summed E-state index contributed by atoms with van der Waals surface area (Å²) < 4.78 is 19.2. The van der Waals surface area contributed by atoms with Crippen LogP contribution in [-0.4, -0.2) is 22.2 Å². The first-order chi connectivity index (χ1) is 7.45. The standard InChI is InChI=1S/C6H11N2.C4H11O3P/c1-3-8-5-4-7(2)6-8;1-3-7-8(5,6)4-2/h4-6H,3H2,1-2H3;3-4H2,1-2H3,(H,5,6)/q+1;. The molecule has 0 spiro atoms. The zero-order valence-corrected chi connectivity index (χ0v) is 11.4. The van der Waals surface area contributed by atoms with E-state index in [0.717, 1.165) is 6.54 Å². The molecule has 0 amide bonds. The minimum absolute atomic E-state index is 0.195. The van der Waals surface area contributed by atoms with E-state index in [-0.39, 0.29) is 6.16 Å². The van der Waals surface area contributed by atoms with E-state index < -0.39 is 7.60 Å². The van der Waals surface area contributed by atoms with Crippen LogP contribution in [0.3, 0.4) is 0 Å². The molecule has 0 aliphatic rings. The predicted molar refractivity (Wildman–Crippen MR) is 63.3 cm³/mol. The van der Waals surface area contributed by atoms with E-state index >= 15 is 0 Å². The van der Waals surface area contributed by atoms with Crippen LogP contribution in [0.15, 0.2) is 18.7 Å². The first-order valence-corrected chi connectivity index (χ1v) is 7.18. The second-order valence-corrected chi connectivity index (χ2v) is 5.45. The quantitative estimate of drug-likeness (QED) is 0.651. The van der Waals surface area contributed by atoms with Gasteiger partial charge in [-0.2, -0.15) is 0 Å². The Balaban J connectivity index is 0.000000281. The topological polar surface area (TPSA) is 55.3 Å². The number of aryl methyl sites for hydroxylation is 2. The molecule has 0 saturated heterocycles. The monoisotopic (exact) mass is 249 g/mol. The third-order valence-corrected chi connectivity index (χ3v) is 3.38. The minimum atomic E-state index is -3.17. The highest BCUT2D eigenvalue weighted by molar-refractivity contribution is 7.52. The molecule has 16 heavy (non-hydrogen) atoms. The number of hydrogen-bond acceptors (Lipinski definition) is 2. The van der Waals surface area contributed by atoms with Gasteiger partial charge in [-0.3, -0.25) is 4.57 Å². The van der Waals surface area contributed by atoms with Gasteiger partial charge in [0.25, 0.3) is 0 Å². The van der Waals surface area contributed by atoms with Crippen molar-refractivity contribution in [3.05, 3.63) is 18.7 Å². The molecule has 0 bridgehead atoms. The van der Waals surface area contributed by atoms with Crippen LogP contribution < -0.4 is 4.57 Å². The SMILES string of the molecule is CCOP(=O)(O)CC.CCn1cc[n+](C)c1. The maximum absolute atomic E-state index is 10.5. The average Bonchev–Trinajstić information content (AvgIpc) is 2.65. The Morgan fingerprint density at radius 1 is 1.44 bits per heavy atom. The van der Waals surface area contributed by atoms with Crippen LogP contribution in [0.25, 0.3) is 0 Å². The van der Waals surface area contributed by atoms with Crippen molar-refractivity contribution in [3.63, 3.8) is 0 Å². The fraction of sp³-hybridized carbons (Fsp3) is 0.700. The van der Waals surface area contributed by atoms with E-state index in [1.165, 1.54) is 0 Å². The largest absolute Gasteiger partial charge is 0.327 e. The molecule has 0 aromatic carbocycles. The van der Waals surface area contributed by atoms with E-state index in [9.17, 15) is 4.57 Å². The number of aromatic nitrogens is 2. The lowest BCUT2D eigenvalue weighted by atomic mass is 10.7. The molecular weight excluding hydrogens is 227 g/mol. The number of imidazole rings is 1. The van der Waals surface area contributed by atoms with Gasteiger partial charge in [0.15, 0.2) is 0 Å². The summed E-state index contributed by atoms with van der Waals surface area (Å²) >= 11 is 0. The lowest BCUT2D eigenvalue weighted by Crippen LogP contribution is -2.23. The Morgan fingerprint density at radius 2 is 2.06 bits per heavy atom. The zero-order valence-electron chi connectivity index (χ0n) is 10.5. The molecule has 0 saturated carbocycles. The van der Waals surface area contributed by atoms with E-state index in [2.05, 4.69) is 28.5 Å². The van der Waals surface area contributed by atoms with Crippen molar-refractivity contribution in [3.8, 4) is 0 Å². The molecule has 1 N–H and O–H groups in total. The lowest BCUT2D eigenvalue weighted by molar-refractivity contribution is -0.671. The molecule has 1 heterocycles. The van der Waals surface area contributed by atoms with E-state index in [1.807, 2.05) is 17.8 Å². The van der Waals surface area contributed by atoms with Crippen molar-refractivity contribution in [2.75, 3.05) is 12.8 Å². The fourth-order valence-corrected chi connectivity index (χ4v) is 1.57. The molecule has 0 aliphatic heterocycles. The Morgan fingerprint density at radius 3 is 2.25 bits per heavy atom. The van der Waals surface area contributed by atoms with Crippen LogP contribution >= 0.6 is 7.60 Å². The van der Waals surface area contributed by atoms with Crippen molar-refractivity contribution in [2.24, 2.45) is 7.05 Å². The van der Waals surface area contributed by atoms with Gasteiger partial charge in [0, 0.05) is 6.16 Å². The molecule has 94 valence electrons. The summed E-state index contributed by atoms with van der Waals surface area (Å²) in [6, 6.07) is 0. The Kier molecular flexibility index (Phi) is 7.30. The van der Waals surface area contributed by atoms with Crippen LogP contribution in [0, 0.1) is 0 Å². The van der Waals surface area contributed by atoms with Crippen LogP contribution in [0.1, 0.15) is 20.8 Å². The summed E-state index contributed by atoms with van der Waals surface area (Å²) in [6.07, 6.45) is 6.34. The molecule has 0 aliphatic carbocycles. The molecule has 1 aromatic heterocycles. The highest BCUT2D eigenvalue weighted by atomic mass is 31.2. The molecule has 0 fully saturated rings. The zero-order chi connectivity index (χ0) is 12.6. The van der Waals surface area contributed by atoms with Crippen LogP contribution in [-0.2, 0) is 22.7 Å². The summed E-state index contributed by atoms with van der Waals surface area (Å²) in [6.45, 7) is 6.80. The van der Waals surface area contributed by atoms with Gasteiger partial charge in [-0.1, -0.05) is 6.92 Å². The summed E-state index contributed by atoms with van der Waals surface area (Å²) in [5.41, 5.74) is 0. The minimum Gasteiger partial charge on any atom is -0.324 e. The van der Waals surface area contributed by atoms with Gasteiger partial charge < -0.3 is 9.42 Å². The molecule has 1 aromatic rings. The third-order valence-electron chi connectivity index (χ3n) is 1.92. The first kappa shape index (κ1) is 15.4. The molecule has 6 heteroatoms. The molecule has 0 radical (unpaired) electrons. The van der Waals surface area contributed by atoms with E-state index in [4.69, 9.17) is 4.89 Å².